The van der Waals surface area contributed by atoms with E-state index in [1.807, 2.05) is 71.9 Å². The third kappa shape index (κ3) is 9.74. The van der Waals surface area contributed by atoms with Crippen molar-refractivity contribution >= 4 is 21.8 Å². The minimum Gasteiger partial charge on any atom is -0.507 e. The first-order valence-electron chi connectivity index (χ1n) is 15.9. The lowest BCUT2D eigenvalue weighted by molar-refractivity contribution is 0.179. The van der Waals surface area contributed by atoms with Crippen LogP contribution < -0.4 is 10.4 Å². The molecule has 0 saturated carbocycles. The van der Waals surface area contributed by atoms with Crippen LogP contribution in [0.3, 0.4) is 0 Å². The quantitative estimate of drug-likeness (QED) is 0.235. The molecular formula is C36H47F2N3O5S. The Hall–Kier alpha value is -3.54. The van der Waals surface area contributed by atoms with Crippen LogP contribution in [0.1, 0.15) is 82.2 Å². The van der Waals surface area contributed by atoms with Crippen molar-refractivity contribution in [1.82, 2.24) is 10.2 Å². The van der Waals surface area contributed by atoms with Gasteiger partial charge in [-0.15, -0.1) is 9.35 Å². The van der Waals surface area contributed by atoms with Gasteiger partial charge in [-0.1, -0.05) is 84.0 Å². The summed E-state index contributed by atoms with van der Waals surface area (Å²) in [6.45, 7) is 14.1. The summed E-state index contributed by atoms with van der Waals surface area (Å²) in [5, 5.41) is 14.3. The van der Waals surface area contributed by atoms with Crippen molar-refractivity contribution in [2.45, 2.75) is 90.6 Å². The SMILES string of the molecule is CC(C)(C)c1cc(CCc2cc(F)cc(F)c2N(OS(C)(=O)=O)C(=O)NC2CCN(Cc3ccccc3)CC2)cc(C(C)(C)C)c1O. The second-order valence-corrected chi connectivity index (χ2v) is 16.1. The number of piperidine rings is 1. The zero-order valence-electron chi connectivity index (χ0n) is 28.4. The number of nitrogens with zero attached hydrogens (tertiary/aromatic N) is 2. The van der Waals surface area contributed by atoms with Crippen molar-refractivity contribution in [3.8, 4) is 5.75 Å². The number of phenols is 1. The molecular weight excluding hydrogens is 624 g/mol. The molecule has 0 bridgehead atoms. The van der Waals surface area contributed by atoms with Gasteiger partial charge in [0.25, 0.3) is 10.1 Å². The van der Waals surface area contributed by atoms with Crippen molar-refractivity contribution in [1.29, 1.82) is 0 Å². The van der Waals surface area contributed by atoms with E-state index in [1.165, 1.54) is 5.56 Å². The van der Waals surface area contributed by atoms with E-state index in [-0.39, 0.29) is 41.0 Å². The van der Waals surface area contributed by atoms with Crippen LogP contribution in [-0.4, -0.2) is 49.8 Å². The predicted octanol–water partition coefficient (Wildman–Crippen LogP) is 7.12. The van der Waals surface area contributed by atoms with Crippen molar-refractivity contribution in [2.24, 2.45) is 0 Å². The van der Waals surface area contributed by atoms with E-state index in [2.05, 4.69) is 22.3 Å². The molecule has 1 aliphatic rings. The number of aromatic hydroxyl groups is 1. The number of amides is 2. The van der Waals surface area contributed by atoms with E-state index in [4.69, 9.17) is 4.28 Å². The summed E-state index contributed by atoms with van der Waals surface area (Å²) in [6.07, 6.45) is 2.29. The Morgan fingerprint density at radius 3 is 2.04 bits per heavy atom. The molecule has 2 amide bonds. The van der Waals surface area contributed by atoms with Gasteiger partial charge in [0.2, 0.25) is 0 Å². The highest BCUT2D eigenvalue weighted by atomic mass is 32.2. The van der Waals surface area contributed by atoms with Gasteiger partial charge in [-0.05, 0) is 70.4 Å². The van der Waals surface area contributed by atoms with Gasteiger partial charge in [0, 0.05) is 31.7 Å². The van der Waals surface area contributed by atoms with Crippen LogP contribution in [0, 0.1) is 11.6 Å². The first-order chi connectivity index (χ1) is 21.8. The van der Waals surface area contributed by atoms with Gasteiger partial charge in [-0.3, -0.25) is 4.90 Å². The number of anilines is 1. The molecule has 1 fully saturated rings. The minimum atomic E-state index is -4.29. The van der Waals surface area contributed by atoms with Gasteiger partial charge >= 0.3 is 6.03 Å². The molecule has 0 atom stereocenters. The monoisotopic (exact) mass is 671 g/mol. The highest BCUT2D eigenvalue weighted by molar-refractivity contribution is 7.86. The number of likely N-dealkylation sites (tertiary alicyclic amines) is 1. The molecule has 0 radical (unpaired) electrons. The normalized spacial score (nSPS) is 15.1. The van der Waals surface area contributed by atoms with Crippen LogP contribution in [0.4, 0.5) is 19.3 Å². The summed E-state index contributed by atoms with van der Waals surface area (Å²) < 4.78 is 59.9. The molecule has 256 valence electrons. The first kappa shape index (κ1) is 36.3. The summed E-state index contributed by atoms with van der Waals surface area (Å²) in [5.41, 5.74) is 2.29. The summed E-state index contributed by atoms with van der Waals surface area (Å²) in [6, 6.07) is 14.2. The van der Waals surface area contributed by atoms with E-state index >= 15 is 4.39 Å². The topological polar surface area (TPSA) is 99.2 Å². The molecule has 47 heavy (non-hydrogen) atoms. The number of hydrogen-bond donors (Lipinski definition) is 2. The second kappa shape index (κ2) is 14.3. The fourth-order valence-corrected chi connectivity index (χ4v) is 6.33. The Morgan fingerprint density at radius 1 is 0.936 bits per heavy atom. The molecule has 0 spiro atoms. The van der Waals surface area contributed by atoms with Crippen LogP contribution in [0.25, 0.3) is 0 Å². The second-order valence-electron chi connectivity index (χ2n) is 14.5. The number of nitrogens with one attached hydrogen (secondary N) is 1. The molecule has 8 nitrogen and oxygen atoms in total. The zero-order valence-corrected chi connectivity index (χ0v) is 29.2. The van der Waals surface area contributed by atoms with Crippen LogP contribution in [0.2, 0.25) is 0 Å². The number of urea groups is 1. The van der Waals surface area contributed by atoms with Gasteiger partial charge < -0.3 is 10.4 Å². The predicted molar refractivity (Wildman–Crippen MR) is 181 cm³/mol. The average Bonchev–Trinajstić information content (AvgIpc) is 2.95. The molecule has 0 aromatic heterocycles. The Balaban J connectivity index is 1.60. The standard InChI is InChI=1S/C36H47F2N3O5S/c1-35(2,3)29-19-25(20-30(33(29)42)36(4,5)6)13-14-26-21-27(37)22-31(38)32(26)41(46-47(7,44)45)34(43)39-28-15-17-40(18-16-28)23-24-11-9-8-10-12-24/h8-12,19-22,28,42H,13-18,23H2,1-7H3,(H,39,43). The van der Waals surface area contributed by atoms with Gasteiger partial charge in [0.15, 0.2) is 5.82 Å². The number of halogens is 2. The lowest BCUT2D eigenvalue weighted by Gasteiger charge is -2.33. The zero-order chi connectivity index (χ0) is 34.7. The number of phenolic OH excluding ortho intramolecular Hbond substituents is 1. The molecule has 0 aliphatic carbocycles. The number of benzene rings is 3. The first-order valence-corrected chi connectivity index (χ1v) is 17.7. The van der Waals surface area contributed by atoms with Crippen LogP contribution in [-0.2, 0) is 44.6 Å². The maximum atomic E-state index is 15.6. The highest BCUT2D eigenvalue weighted by Crippen LogP contribution is 2.40. The van der Waals surface area contributed by atoms with Gasteiger partial charge in [0.1, 0.15) is 17.3 Å². The Bertz CT molecular complexity index is 1640. The molecule has 1 saturated heterocycles. The lowest BCUT2D eigenvalue weighted by Crippen LogP contribution is -2.50. The molecule has 4 rings (SSSR count). The minimum absolute atomic E-state index is 0.0523. The maximum Gasteiger partial charge on any atom is 0.347 e. The smallest absolute Gasteiger partial charge is 0.347 e. The Labute approximate surface area is 277 Å². The number of rotatable bonds is 9. The largest absolute Gasteiger partial charge is 0.507 e. The van der Waals surface area contributed by atoms with Crippen LogP contribution >= 0.6 is 0 Å². The molecule has 3 aromatic carbocycles. The van der Waals surface area contributed by atoms with E-state index in [0.717, 1.165) is 35.6 Å². The molecule has 1 aliphatic heterocycles. The number of carbonyl (C=O) groups excluding carboxylic acids is 1. The lowest BCUT2D eigenvalue weighted by atomic mass is 9.78. The van der Waals surface area contributed by atoms with Crippen molar-refractivity contribution in [3.63, 3.8) is 0 Å². The average molecular weight is 672 g/mol. The summed E-state index contributed by atoms with van der Waals surface area (Å²) in [4.78, 5) is 15.9. The van der Waals surface area contributed by atoms with E-state index in [9.17, 15) is 22.7 Å². The molecule has 0 unspecified atom stereocenters. The molecule has 2 N–H and O–H groups in total. The third-order valence-electron chi connectivity index (χ3n) is 8.34. The molecule has 3 aromatic rings. The number of aryl methyl sites for hydroxylation is 2. The van der Waals surface area contributed by atoms with Crippen molar-refractivity contribution in [2.75, 3.05) is 24.4 Å². The molecule has 11 heteroatoms. The number of hydrogen-bond acceptors (Lipinski definition) is 6. The number of carbonyl (C=O) groups is 1. The van der Waals surface area contributed by atoms with E-state index in [0.29, 0.717) is 37.1 Å². The fourth-order valence-electron chi connectivity index (χ4n) is 5.92. The summed E-state index contributed by atoms with van der Waals surface area (Å²) in [7, 11) is -4.29. The summed E-state index contributed by atoms with van der Waals surface area (Å²) >= 11 is 0. The maximum absolute atomic E-state index is 15.6. The number of hydroxylamine groups is 1. The van der Waals surface area contributed by atoms with Gasteiger partial charge in [-0.2, -0.15) is 8.42 Å². The van der Waals surface area contributed by atoms with E-state index in [1.54, 1.807) is 0 Å². The fraction of sp³-hybridized carbons (Fsp3) is 0.472. The molecule has 1 heterocycles. The van der Waals surface area contributed by atoms with Crippen molar-refractivity contribution < 1.29 is 31.4 Å². The van der Waals surface area contributed by atoms with E-state index < -0.39 is 33.5 Å². The van der Waals surface area contributed by atoms with Gasteiger partial charge in [0.05, 0.1) is 6.26 Å². The Kier molecular flexibility index (Phi) is 11.0. The van der Waals surface area contributed by atoms with Crippen LogP contribution in [0.15, 0.2) is 54.6 Å². The Morgan fingerprint density at radius 2 is 1.51 bits per heavy atom. The van der Waals surface area contributed by atoms with Gasteiger partial charge in [-0.25, -0.2) is 13.6 Å². The third-order valence-corrected chi connectivity index (χ3v) is 8.76. The highest BCUT2D eigenvalue weighted by Gasteiger charge is 2.31. The summed E-state index contributed by atoms with van der Waals surface area (Å²) in [5.74, 6) is -1.79. The van der Waals surface area contributed by atoms with Crippen LogP contribution in [0.5, 0.6) is 5.75 Å². The van der Waals surface area contributed by atoms with Crippen molar-refractivity contribution in [3.05, 3.63) is 94.0 Å².